The number of piperazine rings is 1. The molecule has 2 saturated carbocycles. The third-order valence-corrected chi connectivity index (χ3v) is 7.35. The fourth-order valence-corrected chi connectivity index (χ4v) is 5.51. The second kappa shape index (κ2) is 7.16. The standard InChI is InChI=1S/C24H27N3O3/c1-2-24(11-7-4-8-12-24)22(29)25-13-14-26-20(16-25)21(28)27(23(26)30)19-15-18(19)17-9-5-3-6-10-17/h1,3,5-6,9-10,18-20H,4,7-8,11-16H2/t18-,19?,20?/m1/s1. The van der Waals surface area contributed by atoms with Crippen LogP contribution in [0, 0.1) is 17.8 Å². The lowest BCUT2D eigenvalue weighted by Gasteiger charge is -2.41. The number of carbonyl (C=O) groups excluding carboxylic acids is 3. The minimum absolute atomic E-state index is 0.0309. The third kappa shape index (κ3) is 2.91. The van der Waals surface area contributed by atoms with Crippen molar-refractivity contribution in [3.05, 3.63) is 35.9 Å². The number of hydrogen-bond acceptors (Lipinski definition) is 3. The molecule has 0 radical (unpaired) electrons. The van der Waals surface area contributed by atoms with Crippen molar-refractivity contribution in [2.45, 2.75) is 56.5 Å². The maximum Gasteiger partial charge on any atom is 0.327 e. The molecule has 0 bridgehead atoms. The van der Waals surface area contributed by atoms with Crippen molar-refractivity contribution in [3.8, 4) is 12.3 Å². The molecule has 3 atom stereocenters. The molecular weight excluding hydrogens is 378 g/mol. The summed E-state index contributed by atoms with van der Waals surface area (Å²) in [5, 5.41) is 0. The van der Waals surface area contributed by atoms with Gasteiger partial charge in [-0.25, -0.2) is 4.79 Å². The summed E-state index contributed by atoms with van der Waals surface area (Å²) in [6, 6.07) is 9.18. The number of fused-ring (bicyclic) bond motifs is 1. The van der Waals surface area contributed by atoms with E-state index in [0.717, 1.165) is 31.2 Å². The molecule has 4 fully saturated rings. The number of rotatable bonds is 3. The summed E-state index contributed by atoms with van der Waals surface area (Å²) < 4.78 is 0. The molecule has 2 saturated heterocycles. The van der Waals surface area contributed by atoms with E-state index in [-0.39, 0.29) is 36.3 Å². The molecule has 156 valence electrons. The van der Waals surface area contributed by atoms with Gasteiger partial charge in [0.15, 0.2) is 0 Å². The molecule has 4 amide bonds. The van der Waals surface area contributed by atoms with Crippen LogP contribution in [0.1, 0.15) is 50.0 Å². The van der Waals surface area contributed by atoms with Gasteiger partial charge < -0.3 is 9.80 Å². The van der Waals surface area contributed by atoms with Crippen LogP contribution in [-0.4, -0.2) is 64.3 Å². The minimum Gasteiger partial charge on any atom is -0.337 e. The van der Waals surface area contributed by atoms with E-state index >= 15 is 0 Å². The first-order valence-electron chi connectivity index (χ1n) is 11.0. The number of benzene rings is 1. The Hall–Kier alpha value is -2.81. The van der Waals surface area contributed by atoms with Gasteiger partial charge in [-0.15, -0.1) is 6.42 Å². The summed E-state index contributed by atoms with van der Waals surface area (Å²) in [5.74, 6) is 2.80. The molecule has 0 aromatic heterocycles. The SMILES string of the molecule is C#CC1(C(=O)N2CCN3C(=O)N(C4C[C@@H]4c4ccccc4)C(=O)C3C2)CCCCC1. The van der Waals surface area contributed by atoms with E-state index in [9.17, 15) is 14.4 Å². The molecule has 6 nitrogen and oxygen atoms in total. The molecule has 5 rings (SSSR count). The topological polar surface area (TPSA) is 60.9 Å². The van der Waals surface area contributed by atoms with Crippen LogP contribution in [0.15, 0.2) is 30.3 Å². The van der Waals surface area contributed by atoms with Crippen molar-refractivity contribution in [1.29, 1.82) is 0 Å². The first-order chi connectivity index (χ1) is 14.6. The maximum absolute atomic E-state index is 13.3. The normalized spacial score (nSPS) is 30.1. The van der Waals surface area contributed by atoms with Gasteiger partial charge in [0.05, 0.1) is 6.54 Å². The van der Waals surface area contributed by atoms with E-state index in [4.69, 9.17) is 6.42 Å². The van der Waals surface area contributed by atoms with Crippen molar-refractivity contribution in [2.24, 2.45) is 5.41 Å². The molecule has 6 heteroatoms. The highest BCUT2D eigenvalue weighted by atomic mass is 16.2. The smallest absolute Gasteiger partial charge is 0.327 e. The average molecular weight is 405 g/mol. The van der Waals surface area contributed by atoms with Gasteiger partial charge in [0.2, 0.25) is 5.91 Å². The summed E-state index contributed by atoms with van der Waals surface area (Å²) >= 11 is 0. The highest BCUT2D eigenvalue weighted by molar-refractivity contribution is 6.05. The second-order valence-electron chi connectivity index (χ2n) is 9.06. The number of urea groups is 1. The number of nitrogens with zero attached hydrogens (tertiary/aromatic N) is 3. The van der Waals surface area contributed by atoms with E-state index in [1.165, 1.54) is 4.90 Å². The van der Waals surface area contributed by atoms with Gasteiger partial charge in [-0.3, -0.25) is 14.5 Å². The lowest BCUT2D eigenvalue weighted by atomic mass is 9.73. The minimum atomic E-state index is -0.735. The van der Waals surface area contributed by atoms with Gasteiger partial charge in [0.1, 0.15) is 11.5 Å². The Kier molecular flexibility index (Phi) is 4.57. The van der Waals surface area contributed by atoms with Gasteiger partial charge >= 0.3 is 6.03 Å². The van der Waals surface area contributed by atoms with Crippen molar-refractivity contribution in [1.82, 2.24) is 14.7 Å². The van der Waals surface area contributed by atoms with Crippen LogP contribution in [0.2, 0.25) is 0 Å². The summed E-state index contributed by atoms with van der Waals surface area (Å²) in [6.45, 7) is 1.09. The van der Waals surface area contributed by atoms with E-state index in [2.05, 4.69) is 5.92 Å². The molecule has 0 spiro atoms. The molecule has 2 aliphatic heterocycles. The van der Waals surface area contributed by atoms with Gasteiger partial charge in [-0.1, -0.05) is 55.5 Å². The molecule has 2 aliphatic carbocycles. The maximum atomic E-state index is 13.3. The Balaban J connectivity index is 1.31. The van der Waals surface area contributed by atoms with Crippen LogP contribution in [0.3, 0.4) is 0 Å². The summed E-state index contributed by atoms with van der Waals surface area (Å²) in [5.41, 5.74) is 0.429. The lowest BCUT2D eigenvalue weighted by molar-refractivity contribution is -0.144. The van der Waals surface area contributed by atoms with Gasteiger partial charge in [-0.2, -0.15) is 0 Å². The highest BCUT2D eigenvalue weighted by Gasteiger charge is 2.57. The van der Waals surface area contributed by atoms with Gasteiger partial charge in [0, 0.05) is 25.0 Å². The third-order valence-electron chi connectivity index (χ3n) is 7.35. The Morgan fingerprint density at radius 3 is 2.50 bits per heavy atom. The monoisotopic (exact) mass is 405 g/mol. The van der Waals surface area contributed by atoms with E-state index in [0.29, 0.717) is 25.9 Å². The zero-order chi connectivity index (χ0) is 20.9. The van der Waals surface area contributed by atoms with Crippen LogP contribution < -0.4 is 0 Å². The molecule has 1 aromatic carbocycles. The van der Waals surface area contributed by atoms with Gasteiger partial charge in [0.25, 0.3) is 5.91 Å². The van der Waals surface area contributed by atoms with Crippen LogP contribution in [0.4, 0.5) is 4.79 Å². The Morgan fingerprint density at radius 2 is 1.80 bits per heavy atom. The van der Waals surface area contributed by atoms with E-state index in [1.54, 1.807) is 9.80 Å². The quantitative estimate of drug-likeness (QED) is 0.574. The zero-order valence-electron chi connectivity index (χ0n) is 17.1. The molecule has 4 aliphatic rings. The predicted molar refractivity (Wildman–Crippen MR) is 111 cm³/mol. The number of carbonyl (C=O) groups is 3. The van der Waals surface area contributed by atoms with Crippen LogP contribution >= 0.6 is 0 Å². The zero-order valence-corrected chi connectivity index (χ0v) is 17.1. The van der Waals surface area contributed by atoms with Crippen molar-refractivity contribution >= 4 is 17.8 Å². The molecular formula is C24H27N3O3. The Labute approximate surface area is 177 Å². The number of terminal acetylenes is 1. The van der Waals surface area contributed by atoms with Crippen LogP contribution in [0.25, 0.3) is 0 Å². The first-order valence-corrected chi connectivity index (χ1v) is 11.0. The summed E-state index contributed by atoms with van der Waals surface area (Å²) in [7, 11) is 0. The molecule has 30 heavy (non-hydrogen) atoms. The lowest BCUT2D eigenvalue weighted by Crippen LogP contribution is -2.57. The number of imide groups is 1. The molecule has 2 unspecified atom stereocenters. The number of amides is 4. The van der Waals surface area contributed by atoms with E-state index < -0.39 is 11.5 Å². The summed E-state index contributed by atoms with van der Waals surface area (Å²) in [4.78, 5) is 44.3. The Bertz CT molecular complexity index is 915. The van der Waals surface area contributed by atoms with Gasteiger partial charge in [-0.05, 0) is 24.8 Å². The van der Waals surface area contributed by atoms with Crippen LogP contribution in [0.5, 0.6) is 0 Å². The molecule has 0 N–H and O–H groups in total. The Morgan fingerprint density at radius 1 is 1.07 bits per heavy atom. The van der Waals surface area contributed by atoms with Crippen molar-refractivity contribution in [2.75, 3.05) is 19.6 Å². The molecule has 2 heterocycles. The first kappa shape index (κ1) is 19.2. The van der Waals surface area contributed by atoms with E-state index in [1.807, 2.05) is 30.3 Å². The largest absolute Gasteiger partial charge is 0.337 e. The average Bonchev–Trinajstić information content (AvgIpc) is 3.55. The predicted octanol–water partition coefficient (Wildman–Crippen LogP) is 2.60. The fourth-order valence-electron chi connectivity index (χ4n) is 5.51. The number of hydrogen-bond donors (Lipinski definition) is 0. The summed E-state index contributed by atoms with van der Waals surface area (Å²) in [6.07, 6.45) is 11.1. The van der Waals surface area contributed by atoms with Crippen LogP contribution in [-0.2, 0) is 9.59 Å². The second-order valence-corrected chi connectivity index (χ2v) is 9.06. The van der Waals surface area contributed by atoms with Crippen molar-refractivity contribution < 1.29 is 14.4 Å². The fraction of sp³-hybridized carbons (Fsp3) is 0.542. The highest BCUT2D eigenvalue weighted by Crippen LogP contribution is 2.47. The van der Waals surface area contributed by atoms with Crippen molar-refractivity contribution in [3.63, 3.8) is 0 Å². The molecule has 1 aromatic rings.